The first-order valence-corrected chi connectivity index (χ1v) is 9.19. The lowest BCUT2D eigenvalue weighted by molar-refractivity contribution is -0.131. The average molecular weight is 347 g/mol. The predicted octanol–water partition coefficient (Wildman–Crippen LogP) is 2.03. The molecule has 25 heavy (non-hydrogen) atoms. The summed E-state index contributed by atoms with van der Waals surface area (Å²) in [4.78, 5) is 28.9. The van der Waals surface area contributed by atoms with Crippen LogP contribution in [-0.2, 0) is 4.79 Å². The Kier molecular flexibility index (Phi) is 6.02. The molecule has 1 aromatic carbocycles. The summed E-state index contributed by atoms with van der Waals surface area (Å²) in [6.07, 6.45) is 4.55. The summed E-state index contributed by atoms with van der Waals surface area (Å²) in [5.41, 5.74) is 0.432. The molecule has 2 saturated heterocycles. The highest BCUT2D eigenvalue weighted by Crippen LogP contribution is 2.21. The van der Waals surface area contributed by atoms with Crippen molar-refractivity contribution in [2.75, 3.05) is 32.7 Å². The molecule has 1 atom stereocenters. The fourth-order valence-corrected chi connectivity index (χ4v) is 3.74. The average Bonchev–Trinajstić information content (AvgIpc) is 2.95. The van der Waals surface area contributed by atoms with Gasteiger partial charge in [-0.25, -0.2) is 4.39 Å². The van der Waals surface area contributed by atoms with Gasteiger partial charge in [-0.3, -0.25) is 14.5 Å². The molecule has 2 aliphatic heterocycles. The van der Waals surface area contributed by atoms with Gasteiger partial charge in [0.05, 0.1) is 0 Å². The number of hydrogen-bond donors (Lipinski definition) is 1. The van der Waals surface area contributed by atoms with Crippen LogP contribution in [0, 0.1) is 5.82 Å². The second-order valence-electron chi connectivity index (χ2n) is 6.89. The molecular formula is C19H26FN3O2. The number of benzene rings is 1. The van der Waals surface area contributed by atoms with Crippen LogP contribution in [0.2, 0.25) is 0 Å². The van der Waals surface area contributed by atoms with Gasteiger partial charge in [-0.05, 0) is 56.5 Å². The molecule has 2 aliphatic rings. The third-order valence-electron chi connectivity index (χ3n) is 5.12. The smallest absolute Gasteiger partial charge is 0.251 e. The fraction of sp³-hybridized carbons (Fsp3) is 0.579. The number of carbonyl (C=O) groups is 2. The molecule has 0 aromatic heterocycles. The SMILES string of the molecule is O=C(NCCCC(=O)N1CCCN2CCC[C@@H]2C1)c1ccc(F)cc1. The first-order valence-electron chi connectivity index (χ1n) is 9.19. The zero-order chi connectivity index (χ0) is 17.6. The maximum absolute atomic E-state index is 12.9. The summed E-state index contributed by atoms with van der Waals surface area (Å²) >= 11 is 0. The Morgan fingerprint density at radius 2 is 1.88 bits per heavy atom. The molecule has 2 heterocycles. The molecule has 5 nitrogen and oxygen atoms in total. The molecule has 0 unspecified atom stereocenters. The number of halogens is 1. The maximum Gasteiger partial charge on any atom is 0.251 e. The van der Waals surface area contributed by atoms with Crippen LogP contribution < -0.4 is 5.32 Å². The Balaban J connectivity index is 1.38. The summed E-state index contributed by atoms with van der Waals surface area (Å²) in [6, 6.07) is 5.99. The second-order valence-corrected chi connectivity index (χ2v) is 6.89. The molecule has 3 rings (SSSR count). The Morgan fingerprint density at radius 1 is 1.12 bits per heavy atom. The predicted molar refractivity (Wildman–Crippen MR) is 93.8 cm³/mol. The van der Waals surface area contributed by atoms with Gasteiger partial charge in [0.1, 0.15) is 5.82 Å². The van der Waals surface area contributed by atoms with Crippen LogP contribution in [0.25, 0.3) is 0 Å². The summed E-state index contributed by atoms with van der Waals surface area (Å²) in [5, 5.41) is 2.79. The summed E-state index contributed by atoms with van der Waals surface area (Å²) in [5.74, 6) is -0.408. The van der Waals surface area contributed by atoms with Gasteiger partial charge in [-0.1, -0.05) is 0 Å². The summed E-state index contributed by atoms with van der Waals surface area (Å²) in [7, 11) is 0. The standard InChI is InChI=1S/C19H26FN3O2/c20-16-8-6-15(7-9-16)19(25)21-10-1-5-18(24)23-13-3-12-22-11-2-4-17(22)14-23/h6-9,17H,1-5,10-14H2,(H,21,25)/t17-/m1/s1. The summed E-state index contributed by atoms with van der Waals surface area (Å²) < 4.78 is 12.9. The van der Waals surface area contributed by atoms with Crippen LogP contribution in [0.1, 0.15) is 42.5 Å². The van der Waals surface area contributed by atoms with Crippen molar-refractivity contribution in [1.29, 1.82) is 0 Å². The van der Waals surface area contributed by atoms with E-state index in [1.807, 2.05) is 4.90 Å². The zero-order valence-electron chi connectivity index (χ0n) is 14.5. The first-order chi connectivity index (χ1) is 12.1. The van der Waals surface area contributed by atoms with Crippen molar-refractivity contribution in [3.05, 3.63) is 35.6 Å². The van der Waals surface area contributed by atoms with Gasteiger partial charge >= 0.3 is 0 Å². The van der Waals surface area contributed by atoms with Crippen molar-refractivity contribution in [3.8, 4) is 0 Å². The van der Waals surface area contributed by atoms with E-state index in [1.54, 1.807) is 0 Å². The lowest BCUT2D eigenvalue weighted by atomic mass is 10.2. The molecule has 1 aromatic rings. The normalized spacial score (nSPS) is 20.8. The molecule has 2 amide bonds. The minimum absolute atomic E-state index is 0.185. The highest BCUT2D eigenvalue weighted by molar-refractivity contribution is 5.94. The minimum Gasteiger partial charge on any atom is -0.352 e. The van der Waals surface area contributed by atoms with Crippen molar-refractivity contribution in [2.45, 2.75) is 38.1 Å². The molecule has 2 fully saturated rings. The van der Waals surface area contributed by atoms with E-state index in [0.717, 1.165) is 26.1 Å². The lowest BCUT2D eigenvalue weighted by Crippen LogP contribution is -2.39. The van der Waals surface area contributed by atoms with Crippen LogP contribution in [0.15, 0.2) is 24.3 Å². The van der Waals surface area contributed by atoms with Gasteiger partial charge < -0.3 is 10.2 Å². The lowest BCUT2D eigenvalue weighted by Gasteiger charge is -2.25. The van der Waals surface area contributed by atoms with Gasteiger partial charge in [0.2, 0.25) is 5.91 Å². The molecule has 0 aliphatic carbocycles. The Hall–Kier alpha value is -1.95. The van der Waals surface area contributed by atoms with E-state index in [0.29, 0.717) is 31.0 Å². The van der Waals surface area contributed by atoms with E-state index in [-0.39, 0.29) is 17.6 Å². The number of fused-ring (bicyclic) bond motifs is 1. The van der Waals surface area contributed by atoms with Gasteiger partial charge in [0.15, 0.2) is 0 Å². The van der Waals surface area contributed by atoms with Crippen LogP contribution >= 0.6 is 0 Å². The van der Waals surface area contributed by atoms with E-state index in [9.17, 15) is 14.0 Å². The highest BCUT2D eigenvalue weighted by atomic mass is 19.1. The van der Waals surface area contributed by atoms with Crippen molar-refractivity contribution in [1.82, 2.24) is 15.1 Å². The number of hydrogen-bond acceptors (Lipinski definition) is 3. The van der Waals surface area contributed by atoms with Crippen molar-refractivity contribution < 1.29 is 14.0 Å². The van der Waals surface area contributed by atoms with Gasteiger partial charge in [0, 0.05) is 44.2 Å². The third-order valence-corrected chi connectivity index (χ3v) is 5.12. The van der Waals surface area contributed by atoms with E-state index >= 15 is 0 Å². The van der Waals surface area contributed by atoms with Crippen LogP contribution in [-0.4, -0.2) is 60.4 Å². The Labute approximate surface area is 148 Å². The molecule has 0 spiro atoms. The van der Waals surface area contributed by atoms with Crippen molar-refractivity contribution >= 4 is 11.8 Å². The molecular weight excluding hydrogens is 321 g/mol. The molecule has 6 heteroatoms. The number of amides is 2. The van der Waals surface area contributed by atoms with Crippen LogP contribution in [0.4, 0.5) is 4.39 Å². The number of carbonyl (C=O) groups excluding carboxylic acids is 2. The molecule has 0 radical (unpaired) electrons. The molecule has 1 N–H and O–H groups in total. The Morgan fingerprint density at radius 3 is 2.68 bits per heavy atom. The van der Waals surface area contributed by atoms with E-state index in [1.165, 1.54) is 43.7 Å². The highest BCUT2D eigenvalue weighted by Gasteiger charge is 2.30. The molecule has 136 valence electrons. The quantitative estimate of drug-likeness (QED) is 0.830. The molecule has 0 bridgehead atoms. The fourth-order valence-electron chi connectivity index (χ4n) is 3.74. The topological polar surface area (TPSA) is 52.7 Å². The van der Waals surface area contributed by atoms with E-state index in [2.05, 4.69) is 10.2 Å². The third kappa shape index (κ3) is 4.78. The van der Waals surface area contributed by atoms with Gasteiger partial charge in [-0.15, -0.1) is 0 Å². The molecule has 0 saturated carbocycles. The minimum atomic E-state index is -0.361. The van der Waals surface area contributed by atoms with Crippen molar-refractivity contribution in [2.24, 2.45) is 0 Å². The van der Waals surface area contributed by atoms with E-state index in [4.69, 9.17) is 0 Å². The first kappa shape index (κ1) is 17.9. The largest absolute Gasteiger partial charge is 0.352 e. The maximum atomic E-state index is 12.9. The number of nitrogens with zero attached hydrogens (tertiary/aromatic N) is 2. The monoisotopic (exact) mass is 347 g/mol. The van der Waals surface area contributed by atoms with Gasteiger partial charge in [-0.2, -0.15) is 0 Å². The summed E-state index contributed by atoms with van der Waals surface area (Å²) in [6.45, 7) is 4.41. The second kappa shape index (κ2) is 8.43. The Bertz CT molecular complexity index is 605. The van der Waals surface area contributed by atoms with Gasteiger partial charge in [0.25, 0.3) is 5.91 Å². The van der Waals surface area contributed by atoms with Crippen LogP contribution in [0.5, 0.6) is 0 Å². The van der Waals surface area contributed by atoms with Crippen LogP contribution in [0.3, 0.4) is 0 Å². The van der Waals surface area contributed by atoms with E-state index < -0.39 is 0 Å². The number of nitrogens with one attached hydrogen (secondary N) is 1. The van der Waals surface area contributed by atoms with Crippen molar-refractivity contribution in [3.63, 3.8) is 0 Å². The zero-order valence-corrected chi connectivity index (χ0v) is 14.5. The number of rotatable bonds is 5.